The number of aliphatic hydroxyl groups excluding tert-OH is 3. The van der Waals surface area contributed by atoms with Crippen molar-refractivity contribution in [3.8, 4) is 0 Å². The second-order valence-electron chi connectivity index (χ2n) is 20.4. The highest BCUT2D eigenvalue weighted by atomic mass is 35.5. The molecule has 0 bridgehead atoms. The number of likely N-dealkylation sites (N-methyl/N-ethyl adjacent to an activating group) is 1. The number of nitrogens with one attached hydrogen (secondary N) is 1. The van der Waals surface area contributed by atoms with Crippen LogP contribution in [0, 0.1) is 27.9 Å². The number of carboxylic acid groups (broad SMARTS) is 1. The predicted octanol–water partition coefficient (Wildman–Crippen LogP) is 3.35. The Morgan fingerprint density at radius 3 is 2.24 bits per heavy atom. The van der Waals surface area contributed by atoms with Gasteiger partial charge in [-0.15, -0.1) is 0 Å². The van der Waals surface area contributed by atoms with Crippen molar-refractivity contribution >= 4 is 35.6 Å². The van der Waals surface area contributed by atoms with Gasteiger partial charge in [0.2, 0.25) is 0 Å². The standard InChI is InChI=1S/C47H79ClN4O15.CH2O2/c1-14-35-47(10,59)39(54)29(6)51(19-15-18-49-42(56)32-21-31(48)16-17-33(32)52(60)61)24-25(2)22-45(8,58)41(67-44-37(53)34(50(11)12)20-26(3)63-44)27(4)38(28(5)43(57)65-35)66-36-23-46(9,62-13)40(55)30(7)64-36;2-1-3/h16-17,21,25-30,34-41,44,53-55,58-59H,14-15,18-20,22-24H2,1-13H3,(H,49,56);1H,(H,2,3)/t25-,26-,27+,28-,29-,30+,34+,35-,36+,37-,38+,39-,40+,41-,44+,45-,46-,47-;/m1./s1. The summed E-state index contributed by atoms with van der Waals surface area (Å²) in [7, 11) is 5.18. The van der Waals surface area contributed by atoms with Crippen molar-refractivity contribution in [2.24, 2.45) is 17.8 Å². The molecule has 4 rings (SSSR count). The minimum Gasteiger partial charge on any atom is -0.483 e. The van der Waals surface area contributed by atoms with Crippen LogP contribution in [0.25, 0.3) is 0 Å². The normalized spacial score (nSPS) is 39.4. The number of aliphatic hydroxyl groups is 5. The van der Waals surface area contributed by atoms with Crippen molar-refractivity contribution in [1.82, 2.24) is 15.1 Å². The molecule has 0 aromatic heterocycles. The number of carbonyl (C=O) groups excluding carboxylic acids is 2. The summed E-state index contributed by atoms with van der Waals surface area (Å²) in [6, 6.07) is 2.59. The van der Waals surface area contributed by atoms with Gasteiger partial charge in [0.05, 0.1) is 46.5 Å². The van der Waals surface area contributed by atoms with Gasteiger partial charge < -0.3 is 69.3 Å². The number of amides is 1. The highest BCUT2D eigenvalue weighted by Crippen LogP contribution is 2.40. The maximum Gasteiger partial charge on any atom is 0.311 e. The Hall–Kier alpha value is -3.16. The lowest BCUT2D eigenvalue weighted by Crippen LogP contribution is -2.60. The van der Waals surface area contributed by atoms with Gasteiger partial charge in [-0.2, -0.15) is 0 Å². The van der Waals surface area contributed by atoms with Gasteiger partial charge in [0.25, 0.3) is 18.1 Å². The fourth-order valence-electron chi connectivity index (χ4n) is 10.3. The van der Waals surface area contributed by atoms with Crippen LogP contribution in [0.2, 0.25) is 5.02 Å². The second-order valence-corrected chi connectivity index (χ2v) is 20.8. The molecule has 22 heteroatoms. The molecular weight excluding hydrogens is 940 g/mol. The number of carbonyl (C=O) groups is 3. The zero-order valence-corrected chi connectivity index (χ0v) is 43.8. The number of ether oxygens (including phenoxy) is 6. The van der Waals surface area contributed by atoms with E-state index in [0.29, 0.717) is 12.8 Å². The van der Waals surface area contributed by atoms with E-state index in [1.54, 1.807) is 48.5 Å². The molecule has 402 valence electrons. The van der Waals surface area contributed by atoms with Gasteiger partial charge >= 0.3 is 5.97 Å². The lowest BCUT2D eigenvalue weighted by atomic mass is 9.77. The SMILES string of the molecule is CC[C@H]1OC(=O)[C@H](C)[C@@H](O[C@H]2C[C@@](C)(OC)[C@@H](O)[C@H](C)O2)[C@H](C)[C@@H](O[C@@H]2O[C@H](C)C[C@H](N(C)C)[C@H]2O)[C@](C)(O)C[C@@H](C)CN(CCCNC(=O)c2cc(Cl)ccc2[N+](=O)[O-])[C@H](C)[C@@H](O)[C@]1(C)O.O=CO. The fraction of sp³-hybridized carbons (Fsp3) is 0.812. The van der Waals surface area contributed by atoms with Crippen LogP contribution in [-0.4, -0.2) is 195 Å². The summed E-state index contributed by atoms with van der Waals surface area (Å²) >= 11 is 6.07. The van der Waals surface area contributed by atoms with Gasteiger partial charge in [0.1, 0.15) is 35.6 Å². The third-order valence-corrected chi connectivity index (χ3v) is 14.6. The van der Waals surface area contributed by atoms with Crippen LogP contribution in [0.15, 0.2) is 18.2 Å². The highest BCUT2D eigenvalue weighted by molar-refractivity contribution is 6.31. The van der Waals surface area contributed by atoms with Gasteiger partial charge in [-0.3, -0.25) is 29.4 Å². The minimum atomic E-state index is -1.99. The van der Waals surface area contributed by atoms with E-state index >= 15 is 0 Å². The quantitative estimate of drug-likeness (QED) is 0.0490. The van der Waals surface area contributed by atoms with Crippen molar-refractivity contribution in [3.63, 3.8) is 0 Å². The molecule has 0 spiro atoms. The number of hydrogen-bond acceptors (Lipinski definition) is 18. The lowest BCUT2D eigenvalue weighted by Gasteiger charge is -2.48. The zero-order chi connectivity index (χ0) is 53.2. The van der Waals surface area contributed by atoms with E-state index in [1.165, 1.54) is 26.2 Å². The predicted molar refractivity (Wildman–Crippen MR) is 257 cm³/mol. The number of esters is 1. The van der Waals surface area contributed by atoms with Crippen molar-refractivity contribution in [2.45, 2.75) is 192 Å². The average Bonchev–Trinajstić information content (AvgIpc) is 3.28. The number of rotatable bonds is 13. The Bertz CT molecular complexity index is 1860. The van der Waals surface area contributed by atoms with Crippen LogP contribution in [0.1, 0.15) is 112 Å². The molecule has 3 heterocycles. The van der Waals surface area contributed by atoms with Gasteiger partial charge in [0.15, 0.2) is 12.6 Å². The number of methoxy groups -OCH3 is 1. The number of nitrogens with zero attached hydrogens (tertiary/aromatic N) is 3. The van der Waals surface area contributed by atoms with Crippen molar-refractivity contribution < 1.29 is 78.4 Å². The fourth-order valence-corrected chi connectivity index (χ4v) is 10.5. The summed E-state index contributed by atoms with van der Waals surface area (Å²) in [5, 5.41) is 81.2. The summed E-state index contributed by atoms with van der Waals surface area (Å²) < 4.78 is 37.9. The topological polar surface area (TPSA) is 290 Å². The van der Waals surface area contributed by atoms with E-state index in [1.807, 2.05) is 37.7 Å². The number of nitro groups is 1. The number of hydrogen-bond donors (Lipinski definition) is 7. The molecule has 3 aliphatic heterocycles. The first-order chi connectivity index (χ1) is 32.5. The molecule has 1 amide bonds. The molecule has 18 atom stereocenters. The van der Waals surface area contributed by atoms with Gasteiger partial charge in [-0.05, 0) is 106 Å². The first-order valence-electron chi connectivity index (χ1n) is 24.1. The van der Waals surface area contributed by atoms with E-state index in [0.717, 1.165) is 6.07 Å². The van der Waals surface area contributed by atoms with Crippen LogP contribution in [-0.2, 0) is 38.0 Å². The molecule has 0 aliphatic carbocycles. The molecule has 70 heavy (non-hydrogen) atoms. The molecule has 1 aromatic carbocycles. The van der Waals surface area contributed by atoms with Gasteiger partial charge in [-0.25, -0.2) is 0 Å². The third-order valence-electron chi connectivity index (χ3n) is 14.3. The molecule has 1 aromatic rings. The maximum absolute atomic E-state index is 14.5. The first kappa shape index (κ1) is 61.1. The smallest absolute Gasteiger partial charge is 0.311 e. The van der Waals surface area contributed by atoms with Crippen LogP contribution < -0.4 is 5.32 Å². The van der Waals surface area contributed by atoms with Gasteiger partial charge in [0, 0.05) is 62.3 Å². The summed E-state index contributed by atoms with van der Waals surface area (Å²) in [5.41, 5.74) is -5.39. The van der Waals surface area contributed by atoms with E-state index in [9.17, 15) is 45.2 Å². The Morgan fingerprint density at radius 1 is 1.04 bits per heavy atom. The average molecular weight is 1020 g/mol. The lowest BCUT2D eigenvalue weighted by molar-refractivity contribution is -0.385. The van der Waals surface area contributed by atoms with Crippen LogP contribution in [0.4, 0.5) is 5.69 Å². The minimum absolute atomic E-state index is 0.0713. The maximum atomic E-state index is 14.5. The molecule has 21 nitrogen and oxygen atoms in total. The molecule has 0 saturated carbocycles. The molecule has 3 aliphatic rings. The summed E-state index contributed by atoms with van der Waals surface area (Å²) in [5.74, 6) is -3.78. The number of halogens is 1. The van der Waals surface area contributed by atoms with E-state index in [-0.39, 0.29) is 74.0 Å². The van der Waals surface area contributed by atoms with E-state index in [4.69, 9.17) is 49.9 Å². The third kappa shape index (κ3) is 15.2. The van der Waals surface area contributed by atoms with E-state index < -0.39 is 112 Å². The van der Waals surface area contributed by atoms with Crippen molar-refractivity contribution in [2.75, 3.05) is 40.8 Å². The highest BCUT2D eigenvalue weighted by Gasteiger charge is 2.53. The van der Waals surface area contributed by atoms with Crippen LogP contribution in [0.3, 0.4) is 0 Å². The Morgan fingerprint density at radius 2 is 1.67 bits per heavy atom. The summed E-state index contributed by atoms with van der Waals surface area (Å²) in [6.45, 7) is 17.4. The molecule has 3 fully saturated rings. The molecule has 0 radical (unpaired) electrons. The number of cyclic esters (lactones) is 1. The number of benzene rings is 1. The van der Waals surface area contributed by atoms with Crippen LogP contribution in [0.5, 0.6) is 0 Å². The summed E-state index contributed by atoms with van der Waals surface area (Å²) in [6.07, 6.45) is -9.33. The Balaban J connectivity index is 0.00000421. The molecular formula is C48H81ClN4O17. The van der Waals surface area contributed by atoms with Crippen molar-refractivity contribution in [1.29, 1.82) is 0 Å². The number of nitro benzene ring substituents is 1. The second kappa shape index (κ2) is 26.2. The molecule has 3 saturated heterocycles. The van der Waals surface area contributed by atoms with Gasteiger partial charge in [-0.1, -0.05) is 32.4 Å². The largest absolute Gasteiger partial charge is 0.483 e. The Kier molecular flexibility index (Phi) is 22.9. The molecule has 7 N–H and O–H groups in total. The van der Waals surface area contributed by atoms with Crippen molar-refractivity contribution in [3.05, 3.63) is 38.9 Å². The van der Waals surface area contributed by atoms with Crippen LogP contribution >= 0.6 is 11.6 Å². The molecule has 0 unspecified atom stereocenters. The Labute approximate surface area is 417 Å². The van der Waals surface area contributed by atoms with E-state index in [2.05, 4.69) is 5.32 Å². The monoisotopic (exact) mass is 1020 g/mol. The zero-order valence-electron chi connectivity index (χ0n) is 43.0. The first-order valence-corrected chi connectivity index (χ1v) is 24.5. The summed E-state index contributed by atoms with van der Waals surface area (Å²) in [4.78, 5) is 50.8.